The summed E-state index contributed by atoms with van der Waals surface area (Å²) in [5.74, 6) is 0.820. The van der Waals surface area contributed by atoms with Gasteiger partial charge in [-0.25, -0.2) is 9.97 Å². The molecule has 3 heterocycles. The fourth-order valence-corrected chi connectivity index (χ4v) is 2.50. The second kappa shape index (κ2) is 3.92. The maximum atomic E-state index is 4.64. The van der Waals surface area contributed by atoms with E-state index in [1.54, 1.807) is 11.3 Å². The van der Waals surface area contributed by atoms with Gasteiger partial charge in [0, 0.05) is 37.0 Å². The molecule has 1 aliphatic rings. The zero-order chi connectivity index (χ0) is 11.0. The number of aryl methyl sites for hydroxylation is 1. The molecule has 1 N–H and O–H groups in total. The van der Waals surface area contributed by atoms with Crippen molar-refractivity contribution in [2.75, 3.05) is 6.54 Å². The van der Waals surface area contributed by atoms with Crippen molar-refractivity contribution in [2.45, 2.75) is 19.9 Å². The van der Waals surface area contributed by atoms with Crippen molar-refractivity contribution in [3.05, 3.63) is 28.7 Å². The summed E-state index contributed by atoms with van der Waals surface area (Å²) >= 11 is 1.58. The van der Waals surface area contributed by atoms with E-state index in [0.717, 1.165) is 35.9 Å². The number of aromatic nitrogens is 3. The summed E-state index contributed by atoms with van der Waals surface area (Å²) < 4.78 is 0. The van der Waals surface area contributed by atoms with Crippen LogP contribution in [-0.4, -0.2) is 21.5 Å². The Morgan fingerprint density at radius 1 is 1.38 bits per heavy atom. The molecule has 0 radical (unpaired) electrons. The van der Waals surface area contributed by atoms with Gasteiger partial charge in [0.1, 0.15) is 0 Å². The zero-order valence-corrected chi connectivity index (χ0v) is 9.84. The lowest BCUT2D eigenvalue weighted by atomic mass is 10.1. The Bertz CT molecular complexity index is 507. The van der Waals surface area contributed by atoms with Crippen LogP contribution in [0, 0.1) is 6.92 Å². The van der Waals surface area contributed by atoms with Gasteiger partial charge in [-0.05, 0) is 6.92 Å². The molecule has 0 aromatic carbocycles. The Morgan fingerprint density at radius 3 is 3.12 bits per heavy atom. The highest BCUT2D eigenvalue weighted by atomic mass is 32.1. The predicted molar refractivity (Wildman–Crippen MR) is 63.3 cm³/mol. The summed E-state index contributed by atoms with van der Waals surface area (Å²) in [4.78, 5) is 14.3. The van der Waals surface area contributed by atoms with E-state index in [2.05, 4.69) is 27.2 Å². The first-order valence-electron chi connectivity index (χ1n) is 5.30. The molecule has 5 heteroatoms. The monoisotopic (exact) mass is 232 g/mol. The molecule has 0 unspecified atom stereocenters. The number of hydrogen-bond acceptors (Lipinski definition) is 5. The van der Waals surface area contributed by atoms with Crippen molar-refractivity contribution in [1.82, 2.24) is 20.3 Å². The van der Waals surface area contributed by atoms with Gasteiger partial charge >= 0.3 is 0 Å². The molecule has 2 aromatic heterocycles. The Kier molecular flexibility index (Phi) is 2.41. The topological polar surface area (TPSA) is 50.7 Å². The molecule has 0 atom stereocenters. The van der Waals surface area contributed by atoms with Gasteiger partial charge in [-0.2, -0.15) is 0 Å². The van der Waals surface area contributed by atoms with E-state index in [1.165, 1.54) is 11.3 Å². The predicted octanol–water partition coefficient (Wildman–Crippen LogP) is 1.55. The maximum absolute atomic E-state index is 4.64. The Morgan fingerprint density at radius 2 is 2.31 bits per heavy atom. The summed E-state index contributed by atoms with van der Waals surface area (Å²) in [6.45, 7) is 3.95. The Balaban J connectivity index is 2.12. The van der Waals surface area contributed by atoms with E-state index in [-0.39, 0.29) is 0 Å². The average molecular weight is 232 g/mol. The van der Waals surface area contributed by atoms with Crippen LogP contribution in [0.4, 0.5) is 0 Å². The SMILES string of the molecule is Cc1nc(-c2cncs2)nc2c1CNCC2. The molecule has 4 nitrogen and oxygen atoms in total. The van der Waals surface area contributed by atoms with E-state index in [4.69, 9.17) is 0 Å². The van der Waals surface area contributed by atoms with E-state index in [9.17, 15) is 0 Å². The summed E-state index contributed by atoms with van der Waals surface area (Å²) in [7, 11) is 0. The molecule has 1 aliphatic heterocycles. The van der Waals surface area contributed by atoms with E-state index in [1.807, 2.05) is 11.7 Å². The van der Waals surface area contributed by atoms with Crippen LogP contribution >= 0.6 is 11.3 Å². The highest BCUT2D eigenvalue weighted by Gasteiger charge is 2.16. The fraction of sp³-hybridized carbons (Fsp3) is 0.364. The molecule has 3 rings (SSSR count). The summed E-state index contributed by atoms with van der Waals surface area (Å²) in [5, 5.41) is 3.35. The third-order valence-electron chi connectivity index (χ3n) is 2.79. The van der Waals surface area contributed by atoms with Gasteiger partial charge in [-0.1, -0.05) is 0 Å². The summed E-state index contributed by atoms with van der Waals surface area (Å²) in [6.07, 6.45) is 2.82. The standard InChI is InChI=1S/C11H12N4S/c1-7-8-4-12-3-2-9(8)15-11(14-7)10-5-13-6-16-10/h5-6,12H,2-4H2,1H3. The van der Waals surface area contributed by atoms with Gasteiger partial charge in [0.2, 0.25) is 0 Å². The molecule has 0 spiro atoms. The molecular formula is C11H12N4S. The lowest BCUT2D eigenvalue weighted by Crippen LogP contribution is -2.26. The minimum atomic E-state index is 0.820. The van der Waals surface area contributed by atoms with Crippen LogP contribution in [0.3, 0.4) is 0 Å². The van der Waals surface area contributed by atoms with E-state index < -0.39 is 0 Å². The molecule has 0 aliphatic carbocycles. The molecule has 0 saturated carbocycles. The zero-order valence-electron chi connectivity index (χ0n) is 9.03. The number of nitrogens with zero attached hydrogens (tertiary/aromatic N) is 3. The molecular weight excluding hydrogens is 220 g/mol. The molecule has 82 valence electrons. The van der Waals surface area contributed by atoms with E-state index in [0.29, 0.717) is 0 Å². The van der Waals surface area contributed by atoms with E-state index >= 15 is 0 Å². The summed E-state index contributed by atoms with van der Waals surface area (Å²) in [6, 6.07) is 0. The van der Waals surface area contributed by atoms with Crippen LogP contribution in [0.5, 0.6) is 0 Å². The van der Waals surface area contributed by atoms with Crippen molar-refractivity contribution in [3.63, 3.8) is 0 Å². The highest BCUT2D eigenvalue weighted by Crippen LogP contribution is 2.23. The normalized spacial score (nSPS) is 14.8. The molecule has 0 bridgehead atoms. The molecule has 2 aromatic rings. The second-order valence-electron chi connectivity index (χ2n) is 3.85. The fourth-order valence-electron chi connectivity index (χ4n) is 1.95. The van der Waals surface area contributed by atoms with Gasteiger partial charge in [-0.3, -0.25) is 4.98 Å². The minimum absolute atomic E-state index is 0.820. The second-order valence-corrected chi connectivity index (χ2v) is 4.74. The average Bonchev–Trinajstić information content (AvgIpc) is 2.82. The number of fused-ring (bicyclic) bond motifs is 1. The molecule has 0 amide bonds. The Hall–Kier alpha value is -1.33. The maximum Gasteiger partial charge on any atom is 0.171 e. The van der Waals surface area contributed by atoms with Gasteiger partial charge in [0.25, 0.3) is 0 Å². The van der Waals surface area contributed by atoms with Gasteiger partial charge in [0.05, 0.1) is 16.1 Å². The molecule has 16 heavy (non-hydrogen) atoms. The largest absolute Gasteiger partial charge is 0.312 e. The number of rotatable bonds is 1. The molecule has 0 fully saturated rings. The van der Waals surface area contributed by atoms with Crippen LogP contribution in [0.1, 0.15) is 17.0 Å². The van der Waals surface area contributed by atoms with Gasteiger partial charge in [0.15, 0.2) is 5.82 Å². The highest BCUT2D eigenvalue weighted by molar-refractivity contribution is 7.13. The van der Waals surface area contributed by atoms with Crippen LogP contribution in [0.25, 0.3) is 10.7 Å². The molecule has 0 saturated heterocycles. The summed E-state index contributed by atoms with van der Waals surface area (Å²) in [5.41, 5.74) is 5.35. The Labute approximate surface area is 97.8 Å². The minimum Gasteiger partial charge on any atom is -0.312 e. The lowest BCUT2D eigenvalue weighted by molar-refractivity contribution is 0.622. The van der Waals surface area contributed by atoms with Crippen LogP contribution in [0.15, 0.2) is 11.7 Å². The first-order chi connectivity index (χ1) is 7.84. The smallest absolute Gasteiger partial charge is 0.171 e. The van der Waals surface area contributed by atoms with Crippen LogP contribution in [0.2, 0.25) is 0 Å². The third-order valence-corrected chi connectivity index (χ3v) is 3.56. The number of nitrogens with one attached hydrogen (secondary N) is 1. The first-order valence-corrected chi connectivity index (χ1v) is 6.18. The van der Waals surface area contributed by atoms with Gasteiger partial charge in [-0.15, -0.1) is 11.3 Å². The number of hydrogen-bond donors (Lipinski definition) is 1. The van der Waals surface area contributed by atoms with Crippen molar-refractivity contribution in [3.8, 4) is 10.7 Å². The van der Waals surface area contributed by atoms with Crippen molar-refractivity contribution in [2.24, 2.45) is 0 Å². The lowest BCUT2D eigenvalue weighted by Gasteiger charge is -2.18. The third kappa shape index (κ3) is 1.62. The van der Waals surface area contributed by atoms with Crippen LogP contribution < -0.4 is 5.32 Å². The quantitative estimate of drug-likeness (QED) is 0.810. The van der Waals surface area contributed by atoms with Gasteiger partial charge < -0.3 is 5.32 Å². The number of thiazole rings is 1. The van der Waals surface area contributed by atoms with Crippen LogP contribution in [-0.2, 0) is 13.0 Å². The van der Waals surface area contributed by atoms with Crippen molar-refractivity contribution >= 4 is 11.3 Å². The van der Waals surface area contributed by atoms with Crippen molar-refractivity contribution < 1.29 is 0 Å². The van der Waals surface area contributed by atoms with Crippen molar-refractivity contribution in [1.29, 1.82) is 0 Å². The first kappa shape index (κ1) is 9.86.